The van der Waals surface area contributed by atoms with Crippen LogP contribution in [0.5, 0.6) is 0 Å². The smallest absolute Gasteiger partial charge is 0.310 e. The van der Waals surface area contributed by atoms with Crippen molar-refractivity contribution in [1.29, 1.82) is 0 Å². The van der Waals surface area contributed by atoms with Gasteiger partial charge in [-0.25, -0.2) is 0 Å². The maximum Gasteiger partial charge on any atom is 0.310 e. The van der Waals surface area contributed by atoms with Crippen molar-refractivity contribution in [3.8, 4) is 0 Å². The van der Waals surface area contributed by atoms with E-state index in [4.69, 9.17) is 0 Å². The van der Waals surface area contributed by atoms with Gasteiger partial charge in [0, 0.05) is 0 Å². The molecule has 0 bridgehead atoms. The van der Waals surface area contributed by atoms with Crippen LogP contribution in [0.15, 0.2) is 0 Å². The lowest BCUT2D eigenvalue weighted by Crippen LogP contribution is -2.53. The summed E-state index contributed by atoms with van der Waals surface area (Å²) in [6, 6.07) is 0. The van der Waals surface area contributed by atoms with E-state index >= 15 is 0 Å². The Hall–Kier alpha value is -0.530. The number of aliphatic carboxylic acids is 1. The second-order valence-electron chi connectivity index (χ2n) is 12.2. The normalized spacial score (nSPS) is 31.4. The number of carbonyl (C=O) groups is 1. The first-order valence-electron chi connectivity index (χ1n) is 14.8. The maximum absolute atomic E-state index is 12.9. The zero-order valence-electron chi connectivity index (χ0n) is 21.7. The van der Waals surface area contributed by atoms with Gasteiger partial charge in [-0.05, 0) is 74.5 Å². The highest BCUT2D eigenvalue weighted by Gasteiger charge is 2.58. The van der Waals surface area contributed by atoms with Crippen LogP contribution in [-0.2, 0) is 4.79 Å². The number of carboxylic acid groups (broad SMARTS) is 1. The lowest BCUT2D eigenvalue weighted by molar-refractivity contribution is -0.171. The zero-order valence-corrected chi connectivity index (χ0v) is 21.7. The minimum absolute atomic E-state index is 0.0655. The SMILES string of the molecule is CCCCCCCCCC1(C2(C(=O)O)CCCCC2)CCC(CC)(C2CCCCC2)CC1. The molecule has 0 radical (unpaired) electrons. The largest absolute Gasteiger partial charge is 0.481 e. The molecule has 0 aromatic carbocycles. The lowest BCUT2D eigenvalue weighted by atomic mass is 9.46. The lowest BCUT2D eigenvalue weighted by Gasteiger charge is -2.57. The molecule has 3 aliphatic rings. The van der Waals surface area contributed by atoms with E-state index in [2.05, 4.69) is 13.8 Å². The van der Waals surface area contributed by atoms with Crippen LogP contribution in [0, 0.1) is 22.2 Å². The Balaban J connectivity index is 1.72. The Kier molecular flexibility index (Phi) is 9.99. The molecule has 0 amide bonds. The Morgan fingerprint density at radius 2 is 1.28 bits per heavy atom. The zero-order chi connectivity index (χ0) is 22.9. The average molecular weight is 447 g/mol. The van der Waals surface area contributed by atoms with Crippen molar-refractivity contribution in [3.05, 3.63) is 0 Å². The van der Waals surface area contributed by atoms with Gasteiger partial charge in [0.25, 0.3) is 0 Å². The Morgan fingerprint density at radius 3 is 1.84 bits per heavy atom. The van der Waals surface area contributed by atoms with Gasteiger partial charge in [0.05, 0.1) is 5.41 Å². The summed E-state index contributed by atoms with van der Waals surface area (Å²) in [6.07, 6.45) is 29.4. The molecule has 0 saturated heterocycles. The van der Waals surface area contributed by atoms with E-state index in [-0.39, 0.29) is 5.41 Å². The van der Waals surface area contributed by atoms with Gasteiger partial charge < -0.3 is 5.11 Å². The number of hydrogen-bond donors (Lipinski definition) is 1. The predicted octanol–water partition coefficient (Wildman–Crippen LogP) is 9.70. The molecule has 0 unspecified atom stereocenters. The van der Waals surface area contributed by atoms with Crippen molar-refractivity contribution in [2.45, 2.75) is 162 Å². The van der Waals surface area contributed by atoms with Crippen LogP contribution in [0.3, 0.4) is 0 Å². The second kappa shape index (κ2) is 12.3. The van der Waals surface area contributed by atoms with Crippen molar-refractivity contribution < 1.29 is 9.90 Å². The molecule has 2 heteroatoms. The maximum atomic E-state index is 12.9. The molecule has 0 atom stereocenters. The quantitative estimate of drug-likeness (QED) is 0.303. The summed E-state index contributed by atoms with van der Waals surface area (Å²) in [5.74, 6) is 0.465. The Labute approximate surface area is 199 Å². The van der Waals surface area contributed by atoms with Crippen LogP contribution < -0.4 is 0 Å². The van der Waals surface area contributed by atoms with E-state index < -0.39 is 11.4 Å². The highest BCUT2D eigenvalue weighted by molar-refractivity contribution is 5.76. The Bertz CT molecular complexity index is 545. The summed E-state index contributed by atoms with van der Waals surface area (Å²) in [7, 11) is 0. The summed E-state index contributed by atoms with van der Waals surface area (Å²) in [4.78, 5) is 12.9. The van der Waals surface area contributed by atoms with Crippen molar-refractivity contribution in [2.24, 2.45) is 22.2 Å². The van der Waals surface area contributed by atoms with Gasteiger partial charge >= 0.3 is 5.97 Å². The van der Waals surface area contributed by atoms with Gasteiger partial charge in [0.2, 0.25) is 0 Å². The molecule has 0 aromatic heterocycles. The molecule has 3 saturated carbocycles. The molecule has 3 aliphatic carbocycles. The molecule has 2 nitrogen and oxygen atoms in total. The van der Waals surface area contributed by atoms with Crippen LogP contribution in [0.4, 0.5) is 0 Å². The standard InChI is InChI=1S/C30H54O2/c1-3-5-6-7-8-9-14-19-29(30(27(31)32)20-15-11-16-21-30)24-22-28(4-2,23-25-29)26-17-12-10-13-18-26/h26H,3-25H2,1-2H3,(H,31,32). The molecule has 0 aromatic rings. The third kappa shape index (κ3) is 5.57. The second-order valence-corrected chi connectivity index (χ2v) is 12.2. The molecular formula is C30H54O2. The molecule has 32 heavy (non-hydrogen) atoms. The highest BCUT2D eigenvalue weighted by atomic mass is 16.4. The van der Waals surface area contributed by atoms with E-state index in [1.165, 1.54) is 122 Å². The van der Waals surface area contributed by atoms with Crippen molar-refractivity contribution in [1.82, 2.24) is 0 Å². The molecule has 0 aliphatic heterocycles. The van der Waals surface area contributed by atoms with Crippen LogP contribution in [0.25, 0.3) is 0 Å². The summed E-state index contributed by atoms with van der Waals surface area (Å²) in [5, 5.41) is 10.6. The van der Waals surface area contributed by atoms with E-state index in [1.807, 2.05) is 0 Å². The van der Waals surface area contributed by atoms with Gasteiger partial charge in [-0.2, -0.15) is 0 Å². The average Bonchev–Trinajstić information content (AvgIpc) is 2.85. The van der Waals surface area contributed by atoms with Crippen molar-refractivity contribution in [3.63, 3.8) is 0 Å². The van der Waals surface area contributed by atoms with Crippen molar-refractivity contribution in [2.75, 3.05) is 0 Å². The van der Waals surface area contributed by atoms with Gasteiger partial charge in [-0.15, -0.1) is 0 Å². The first-order chi connectivity index (χ1) is 15.5. The summed E-state index contributed by atoms with van der Waals surface area (Å²) < 4.78 is 0. The van der Waals surface area contributed by atoms with Crippen LogP contribution in [0.2, 0.25) is 0 Å². The number of hydrogen-bond acceptors (Lipinski definition) is 1. The van der Waals surface area contributed by atoms with E-state index in [9.17, 15) is 9.90 Å². The van der Waals surface area contributed by atoms with Gasteiger partial charge in [-0.3, -0.25) is 4.79 Å². The monoisotopic (exact) mass is 446 g/mol. The van der Waals surface area contributed by atoms with Gasteiger partial charge in [0.15, 0.2) is 0 Å². The van der Waals surface area contributed by atoms with Crippen LogP contribution >= 0.6 is 0 Å². The van der Waals surface area contributed by atoms with Crippen LogP contribution in [-0.4, -0.2) is 11.1 Å². The number of rotatable bonds is 12. The van der Waals surface area contributed by atoms with E-state index in [0.717, 1.165) is 31.6 Å². The summed E-state index contributed by atoms with van der Waals surface area (Å²) >= 11 is 0. The summed E-state index contributed by atoms with van der Waals surface area (Å²) in [6.45, 7) is 4.72. The molecule has 0 spiro atoms. The summed E-state index contributed by atoms with van der Waals surface area (Å²) in [5.41, 5.74) is 0.147. The third-order valence-electron chi connectivity index (χ3n) is 10.8. The molecule has 3 fully saturated rings. The third-order valence-corrected chi connectivity index (χ3v) is 10.8. The van der Waals surface area contributed by atoms with Gasteiger partial charge in [0.1, 0.15) is 0 Å². The molecule has 0 heterocycles. The number of carboxylic acids is 1. The fourth-order valence-electron chi connectivity index (χ4n) is 8.51. The fraction of sp³-hybridized carbons (Fsp3) is 0.967. The molecule has 3 rings (SSSR count). The predicted molar refractivity (Wildman–Crippen MR) is 136 cm³/mol. The molecule has 186 valence electrons. The molecule has 1 N–H and O–H groups in total. The van der Waals surface area contributed by atoms with Crippen molar-refractivity contribution >= 4 is 5.97 Å². The van der Waals surface area contributed by atoms with E-state index in [1.54, 1.807) is 0 Å². The minimum Gasteiger partial charge on any atom is -0.481 e. The topological polar surface area (TPSA) is 37.3 Å². The first-order valence-corrected chi connectivity index (χ1v) is 14.8. The highest BCUT2D eigenvalue weighted by Crippen LogP contribution is 2.64. The van der Waals surface area contributed by atoms with Crippen LogP contribution in [0.1, 0.15) is 162 Å². The van der Waals surface area contributed by atoms with Gasteiger partial charge in [-0.1, -0.05) is 104 Å². The van der Waals surface area contributed by atoms with E-state index in [0.29, 0.717) is 5.41 Å². The Morgan fingerprint density at radius 1 is 0.719 bits per heavy atom. The fourth-order valence-corrected chi connectivity index (χ4v) is 8.51. The minimum atomic E-state index is -0.443. The number of unbranched alkanes of at least 4 members (excludes halogenated alkanes) is 6. The first kappa shape index (κ1) is 26.1. The molecular weight excluding hydrogens is 392 g/mol.